The second kappa shape index (κ2) is 18.3. The molecular weight excluding hydrogens is 739 g/mol. The number of thioether (sulfide) groups is 1. The van der Waals surface area contributed by atoms with E-state index in [4.69, 9.17) is 14.7 Å². The Hall–Kier alpha value is -4.68. The van der Waals surface area contributed by atoms with Crippen LogP contribution < -0.4 is 5.32 Å². The quantitative estimate of drug-likeness (QED) is 0.0836. The highest BCUT2D eigenvalue weighted by atomic mass is 32.2. The summed E-state index contributed by atoms with van der Waals surface area (Å²) in [5.74, 6) is -1.43. The highest BCUT2D eigenvalue weighted by Gasteiger charge is 2.35. The Morgan fingerprint density at radius 2 is 1.72 bits per heavy atom. The van der Waals surface area contributed by atoms with Crippen molar-refractivity contribution in [3.8, 4) is 0 Å². The lowest BCUT2D eigenvalue weighted by Gasteiger charge is -2.24. The van der Waals surface area contributed by atoms with Gasteiger partial charge in [-0.3, -0.25) is 14.6 Å². The molecule has 0 radical (unpaired) electrons. The van der Waals surface area contributed by atoms with Crippen LogP contribution in [0.5, 0.6) is 0 Å². The van der Waals surface area contributed by atoms with Crippen molar-refractivity contribution in [2.24, 2.45) is 5.41 Å². The van der Waals surface area contributed by atoms with Gasteiger partial charge in [0, 0.05) is 76.0 Å². The number of aryl methyl sites for hydroxylation is 3. The van der Waals surface area contributed by atoms with Crippen molar-refractivity contribution in [1.82, 2.24) is 25.3 Å². The maximum absolute atomic E-state index is 13.9. The number of carboxylic acids is 2. The van der Waals surface area contributed by atoms with Crippen molar-refractivity contribution in [3.05, 3.63) is 75.4 Å². The minimum absolute atomic E-state index is 0.00513. The van der Waals surface area contributed by atoms with Crippen LogP contribution in [0.3, 0.4) is 0 Å². The number of rotatable bonds is 17. The van der Waals surface area contributed by atoms with E-state index in [-0.39, 0.29) is 53.9 Å². The molecule has 57 heavy (non-hydrogen) atoms. The fourth-order valence-corrected chi connectivity index (χ4v) is 8.94. The Bertz CT molecular complexity index is 2250. The molecule has 2 atom stereocenters. The van der Waals surface area contributed by atoms with E-state index < -0.39 is 17.9 Å². The van der Waals surface area contributed by atoms with Crippen molar-refractivity contribution in [2.45, 2.75) is 112 Å². The van der Waals surface area contributed by atoms with Crippen molar-refractivity contribution in [2.75, 3.05) is 24.7 Å². The standard InChI is InChI=1S/C45H59N5O6S/c1-11-29-25(5)33-20-35-27(7)31(13-14-40(52)53)42(49-35)32(19-39(51)46-16-18-57-23-45(9,10)15-17-56-24(3)4)43-41(44(54)55)28(8)36(50-43)22-38-30(12-2)26(6)34(48-38)21-37(29)47-33/h11,20-22,24,27,31,47-48H,1,12-19,23H2,2-10H3,(H,46,51)(H,52,53)(H,54,55)/t27-,31-/m0/s1. The summed E-state index contributed by atoms with van der Waals surface area (Å²) in [6.45, 7) is 23.6. The van der Waals surface area contributed by atoms with Gasteiger partial charge in [-0.05, 0) is 106 Å². The number of H-pyrrole nitrogens is 2. The monoisotopic (exact) mass is 797 g/mol. The van der Waals surface area contributed by atoms with E-state index in [1.165, 1.54) is 0 Å². The average Bonchev–Trinajstić information content (AvgIpc) is 3.82. The second-order valence-corrected chi connectivity index (χ2v) is 17.4. The van der Waals surface area contributed by atoms with Crippen LogP contribution in [0.4, 0.5) is 0 Å². The first-order valence-corrected chi connectivity index (χ1v) is 21.1. The number of amides is 1. The van der Waals surface area contributed by atoms with Gasteiger partial charge in [-0.25, -0.2) is 9.78 Å². The predicted octanol–water partition coefficient (Wildman–Crippen LogP) is 9.14. The van der Waals surface area contributed by atoms with E-state index in [0.29, 0.717) is 47.1 Å². The van der Waals surface area contributed by atoms with Gasteiger partial charge in [0.1, 0.15) is 0 Å². The lowest BCUT2D eigenvalue weighted by Crippen LogP contribution is -2.29. The number of carboxylic acid groups (broad SMARTS) is 2. The first-order valence-electron chi connectivity index (χ1n) is 20.0. The average molecular weight is 798 g/mol. The molecule has 3 aromatic rings. The molecule has 0 saturated carbocycles. The van der Waals surface area contributed by atoms with Crippen LogP contribution in [-0.2, 0) is 32.0 Å². The number of hydrogen-bond donors (Lipinski definition) is 5. The number of hydrogen-bond acceptors (Lipinski definition) is 7. The molecule has 0 spiro atoms. The highest BCUT2D eigenvalue weighted by molar-refractivity contribution is 7.99. The largest absolute Gasteiger partial charge is 0.481 e. The zero-order valence-electron chi connectivity index (χ0n) is 34.9. The maximum Gasteiger partial charge on any atom is 0.338 e. The molecule has 8 bridgehead atoms. The molecule has 3 aromatic heterocycles. The van der Waals surface area contributed by atoms with Gasteiger partial charge >= 0.3 is 11.9 Å². The normalized spacial score (nSPS) is 15.7. The smallest absolute Gasteiger partial charge is 0.338 e. The SMILES string of the molecule is C=Cc1c(C)c2cc3nc(c(CC(=O)NCCSCC(C)(C)CCOC(C)C)c4nc(cc5[nH]c(cc1[nH]2)c(C)c5CC)C(C)=C4C(=O)O)[C@@H](CCC(=O)O)[C@@H]3C. The van der Waals surface area contributed by atoms with Crippen LogP contribution in [0.2, 0.25) is 0 Å². The zero-order valence-corrected chi connectivity index (χ0v) is 35.8. The van der Waals surface area contributed by atoms with Crippen molar-refractivity contribution < 1.29 is 29.3 Å². The lowest BCUT2D eigenvalue weighted by molar-refractivity contribution is -0.137. The van der Waals surface area contributed by atoms with Crippen molar-refractivity contribution >= 4 is 68.9 Å². The summed E-state index contributed by atoms with van der Waals surface area (Å²) in [4.78, 5) is 56.3. The minimum Gasteiger partial charge on any atom is -0.481 e. The molecule has 2 aliphatic rings. The molecule has 0 aromatic carbocycles. The molecule has 2 aliphatic heterocycles. The van der Waals surface area contributed by atoms with Gasteiger partial charge in [0.15, 0.2) is 0 Å². The minimum atomic E-state index is -1.16. The molecule has 306 valence electrons. The Labute approximate surface area is 340 Å². The van der Waals surface area contributed by atoms with Crippen molar-refractivity contribution in [1.29, 1.82) is 0 Å². The summed E-state index contributed by atoms with van der Waals surface area (Å²) in [6, 6.07) is 5.93. The Kier molecular flexibility index (Phi) is 13.9. The molecule has 12 heteroatoms. The molecule has 5 heterocycles. The van der Waals surface area contributed by atoms with Gasteiger partial charge in [-0.2, -0.15) is 11.8 Å². The number of allylic oxidation sites excluding steroid dienone is 1. The fourth-order valence-electron chi connectivity index (χ4n) is 7.85. The van der Waals surface area contributed by atoms with Crippen LogP contribution in [-0.4, -0.2) is 78.8 Å². The van der Waals surface area contributed by atoms with E-state index in [2.05, 4.69) is 55.6 Å². The summed E-state index contributed by atoms with van der Waals surface area (Å²) in [5, 5.41) is 23.6. The molecule has 5 N–H and O–H groups in total. The second-order valence-electron chi connectivity index (χ2n) is 16.3. The molecule has 5 rings (SSSR count). The van der Waals surface area contributed by atoms with E-state index in [0.717, 1.165) is 62.9 Å². The molecule has 0 fully saturated rings. The van der Waals surface area contributed by atoms with Gasteiger partial charge in [0.2, 0.25) is 5.91 Å². The third-order valence-corrected chi connectivity index (χ3v) is 12.7. The van der Waals surface area contributed by atoms with Crippen LogP contribution in [0.25, 0.3) is 39.3 Å². The van der Waals surface area contributed by atoms with E-state index in [1.54, 1.807) is 18.7 Å². The molecular formula is C45H59N5O6S. The maximum atomic E-state index is 13.9. The lowest BCUT2D eigenvalue weighted by atomic mass is 9.84. The molecule has 1 amide bonds. The van der Waals surface area contributed by atoms with E-state index in [9.17, 15) is 24.6 Å². The van der Waals surface area contributed by atoms with E-state index >= 15 is 0 Å². The Balaban J connectivity index is 1.69. The molecule has 0 unspecified atom stereocenters. The summed E-state index contributed by atoms with van der Waals surface area (Å²) in [7, 11) is 0. The number of carbonyl (C=O) groups excluding carboxylic acids is 1. The molecule has 0 aliphatic carbocycles. The van der Waals surface area contributed by atoms with Crippen LogP contribution in [0.1, 0.15) is 130 Å². The number of ether oxygens (including phenoxy) is 1. The first-order chi connectivity index (χ1) is 27.0. The van der Waals surface area contributed by atoms with Crippen molar-refractivity contribution in [3.63, 3.8) is 0 Å². The fraction of sp³-hybridized carbons (Fsp3) is 0.489. The third-order valence-electron chi connectivity index (χ3n) is 11.2. The topological polar surface area (TPSA) is 170 Å². The predicted molar refractivity (Wildman–Crippen MR) is 232 cm³/mol. The van der Waals surface area contributed by atoms with Crippen LogP contribution in [0, 0.1) is 19.3 Å². The number of nitrogens with zero attached hydrogens (tertiary/aromatic N) is 2. The number of aromatic amines is 2. The zero-order chi connectivity index (χ0) is 41.8. The molecule has 11 nitrogen and oxygen atoms in total. The number of carbonyl (C=O) groups is 3. The van der Waals surface area contributed by atoms with Gasteiger partial charge in [0.05, 0.1) is 35.2 Å². The molecule has 0 saturated heterocycles. The third kappa shape index (κ3) is 9.90. The van der Waals surface area contributed by atoms with Gasteiger partial charge in [0.25, 0.3) is 0 Å². The van der Waals surface area contributed by atoms with Gasteiger partial charge < -0.3 is 30.2 Å². The van der Waals surface area contributed by atoms with Crippen LogP contribution in [0.15, 0.2) is 24.8 Å². The summed E-state index contributed by atoms with van der Waals surface area (Å²) in [6.07, 6.45) is 3.65. The number of aliphatic carboxylic acids is 2. The van der Waals surface area contributed by atoms with Gasteiger partial charge in [-0.15, -0.1) is 0 Å². The Morgan fingerprint density at radius 1 is 1.02 bits per heavy atom. The number of fused-ring (bicyclic) bond motifs is 8. The van der Waals surface area contributed by atoms with Gasteiger partial charge in [-0.1, -0.05) is 40.3 Å². The number of aromatic nitrogens is 4. The highest BCUT2D eigenvalue weighted by Crippen LogP contribution is 2.44. The Morgan fingerprint density at radius 3 is 2.37 bits per heavy atom. The summed E-state index contributed by atoms with van der Waals surface area (Å²) in [5.41, 5.74) is 10.3. The summed E-state index contributed by atoms with van der Waals surface area (Å²) >= 11 is 1.77. The van der Waals surface area contributed by atoms with E-state index in [1.807, 2.05) is 45.9 Å². The number of nitrogens with one attached hydrogen (secondary N) is 3. The van der Waals surface area contributed by atoms with Crippen LogP contribution >= 0.6 is 11.8 Å². The summed E-state index contributed by atoms with van der Waals surface area (Å²) < 4.78 is 5.76. The first kappa shape index (κ1) is 43.4.